The highest BCUT2D eigenvalue weighted by Gasteiger charge is 2.29. The van der Waals surface area contributed by atoms with Crippen LogP contribution in [0.4, 0.5) is 0 Å². The molecule has 1 amide bonds. The summed E-state index contributed by atoms with van der Waals surface area (Å²) in [7, 11) is 3.44. The van der Waals surface area contributed by atoms with E-state index in [0.29, 0.717) is 28.6 Å². The lowest BCUT2D eigenvalue weighted by atomic mass is 9.98. The predicted molar refractivity (Wildman–Crippen MR) is 153 cm³/mol. The van der Waals surface area contributed by atoms with Gasteiger partial charge < -0.3 is 24.3 Å². The van der Waals surface area contributed by atoms with Crippen LogP contribution in [0.25, 0.3) is 33.6 Å². The number of benzene rings is 2. The van der Waals surface area contributed by atoms with E-state index in [2.05, 4.69) is 16.0 Å². The van der Waals surface area contributed by atoms with Crippen molar-refractivity contribution >= 4 is 33.9 Å². The van der Waals surface area contributed by atoms with Crippen LogP contribution < -0.4 is 10.1 Å². The van der Waals surface area contributed by atoms with Crippen molar-refractivity contribution in [2.75, 3.05) is 7.11 Å². The maximum Gasteiger partial charge on any atom is 0.335 e. The molecule has 2 aromatic carbocycles. The molecule has 6 rings (SSSR count). The van der Waals surface area contributed by atoms with E-state index in [1.54, 1.807) is 18.2 Å². The van der Waals surface area contributed by atoms with Gasteiger partial charge in [-0.3, -0.25) is 4.79 Å². The number of rotatable bonds is 8. The molecule has 0 unspecified atom stereocenters. The maximum atomic E-state index is 12.9. The van der Waals surface area contributed by atoms with E-state index in [1.807, 2.05) is 55.8 Å². The molecule has 5 aromatic rings. The van der Waals surface area contributed by atoms with E-state index < -0.39 is 11.5 Å². The van der Waals surface area contributed by atoms with Crippen molar-refractivity contribution in [2.45, 2.75) is 38.8 Å². The van der Waals surface area contributed by atoms with Crippen molar-refractivity contribution < 1.29 is 19.4 Å². The van der Waals surface area contributed by atoms with Crippen molar-refractivity contribution in [3.8, 4) is 17.3 Å². The second kappa shape index (κ2) is 9.51. The molecule has 1 saturated carbocycles. The molecule has 9 heteroatoms. The Hall–Kier alpha value is -4.66. The quantitative estimate of drug-likeness (QED) is 0.275. The number of aryl methyl sites for hydroxylation is 1. The zero-order chi connectivity index (χ0) is 28.2. The van der Waals surface area contributed by atoms with Crippen molar-refractivity contribution in [1.82, 2.24) is 24.4 Å². The van der Waals surface area contributed by atoms with Crippen LogP contribution in [0, 0.1) is 5.92 Å². The molecule has 1 aliphatic carbocycles. The monoisotopic (exact) mass is 537 g/mol. The summed E-state index contributed by atoms with van der Waals surface area (Å²) in [6.07, 6.45) is 2.32. The van der Waals surface area contributed by atoms with Gasteiger partial charge in [-0.05, 0) is 75.1 Å². The van der Waals surface area contributed by atoms with Gasteiger partial charge in [-0.2, -0.15) is 0 Å². The normalized spacial score (nSPS) is 13.6. The number of hydrogen-bond acceptors (Lipinski definition) is 5. The summed E-state index contributed by atoms with van der Waals surface area (Å²) >= 11 is 0. The number of fused-ring (bicyclic) bond motifs is 2. The lowest BCUT2D eigenvalue weighted by Crippen LogP contribution is -2.41. The van der Waals surface area contributed by atoms with Crippen LogP contribution in [-0.4, -0.2) is 43.2 Å². The first-order chi connectivity index (χ1) is 19.2. The number of pyridine rings is 1. The highest BCUT2D eigenvalue weighted by Crippen LogP contribution is 2.38. The Morgan fingerprint density at radius 3 is 2.48 bits per heavy atom. The summed E-state index contributed by atoms with van der Waals surface area (Å²) in [4.78, 5) is 34.6. The summed E-state index contributed by atoms with van der Waals surface area (Å²) in [5, 5.41) is 13.7. The number of imidazole rings is 1. The van der Waals surface area contributed by atoms with E-state index in [-0.39, 0.29) is 11.5 Å². The van der Waals surface area contributed by atoms with Crippen LogP contribution in [0.5, 0.6) is 5.75 Å². The minimum Gasteiger partial charge on any atom is -0.494 e. The van der Waals surface area contributed by atoms with Gasteiger partial charge >= 0.3 is 5.97 Å². The second-order valence-corrected chi connectivity index (χ2v) is 11.0. The minimum absolute atomic E-state index is 0.124. The van der Waals surface area contributed by atoms with Crippen molar-refractivity contribution in [3.05, 3.63) is 77.5 Å². The second-order valence-electron chi connectivity index (χ2n) is 11.0. The Morgan fingerprint density at radius 1 is 1.05 bits per heavy atom. The lowest BCUT2D eigenvalue weighted by molar-refractivity contribution is 0.0696. The van der Waals surface area contributed by atoms with Gasteiger partial charge in [0.1, 0.15) is 16.9 Å². The Bertz CT molecular complexity index is 1780. The molecule has 0 atom stereocenters. The van der Waals surface area contributed by atoms with Gasteiger partial charge in [0, 0.05) is 24.5 Å². The van der Waals surface area contributed by atoms with Crippen molar-refractivity contribution in [2.24, 2.45) is 13.0 Å². The number of carboxylic acid groups (broad SMARTS) is 1. The van der Waals surface area contributed by atoms with Crippen molar-refractivity contribution in [1.29, 1.82) is 0 Å². The molecule has 9 nitrogen and oxygen atoms in total. The number of nitrogens with zero attached hydrogens (tertiary/aromatic N) is 4. The van der Waals surface area contributed by atoms with E-state index in [9.17, 15) is 14.7 Å². The van der Waals surface area contributed by atoms with Gasteiger partial charge in [-0.15, -0.1) is 0 Å². The standard InChI is InChI=1S/C31H31N5O4/c1-31(2,34-29(37)19-8-6-5-7-9-19)25-13-12-20-15-23(36(27(20)33-25)17-18-10-11-18)28-32-22-14-21(30(38)39)16-24(40-4)26(22)35(28)3/h5-9,12-16,18H,10-11,17H2,1-4H3,(H,34,37)(H,38,39). The number of ether oxygens (including phenoxy) is 1. The highest BCUT2D eigenvalue weighted by atomic mass is 16.5. The molecule has 2 N–H and O–H groups in total. The molecular weight excluding hydrogens is 506 g/mol. The number of carboxylic acids is 1. The third-order valence-corrected chi connectivity index (χ3v) is 7.61. The third kappa shape index (κ3) is 4.47. The van der Waals surface area contributed by atoms with Gasteiger partial charge in [0.05, 0.1) is 35.1 Å². The number of aromatic nitrogens is 4. The largest absolute Gasteiger partial charge is 0.494 e. The first-order valence-electron chi connectivity index (χ1n) is 13.3. The minimum atomic E-state index is -1.03. The molecule has 0 aliphatic heterocycles. The summed E-state index contributed by atoms with van der Waals surface area (Å²) in [5.41, 5.74) is 3.76. The van der Waals surface area contributed by atoms with Crippen LogP contribution >= 0.6 is 0 Å². The summed E-state index contributed by atoms with van der Waals surface area (Å²) in [6.45, 7) is 4.70. The number of carbonyl (C=O) groups is 2. The fourth-order valence-electron chi connectivity index (χ4n) is 5.23. The first-order valence-corrected chi connectivity index (χ1v) is 13.3. The number of nitrogens with one attached hydrogen (secondary N) is 1. The third-order valence-electron chi connectivity index (χ3n) is 7.61. The summed E-state index contributed by atoms with van der Waals surface area (Å²) in [6, 6.07) is 18.3. The lowest BCUT2D eigenvalue weighted by Gasteiger charge is -2.26. The average molecular weight is 538 g/mol. The van der Waals surface area contributed by atoms with Gasteiger partial charge in [0.25, 0.3) is 5.91 Å². The molecule has 0 spiro atoms. The SMILES string of the molecule is COc1cc(C(=O)O)cc2nc(-c3cc4ccc(C(C)(C)NC(=O)c5ccccc5)nc4n3CC3CC3)n(C)c12. The van der Waals surface area contributed by atoms with Crippen LogP contribution in [0.2, 0.25) is 0 Å². The van der Waals surface area contributed by atoms with E-state index in [4.69, 9.17) is 14.7 Å². The zero-order valence-electron chi connectivity index (χ0n) is 22.9. The fourth-order valence-corrected chi connectivity index (χ4v) is 5.23. The fraction of sp³-hybridized carbons (Fsp3) is 0.290. The molecule has 1 fully saturated rings. The number of amides is 1. The summed E-state index contributed by atoms with van der Waals surface area (Å²) in [5.74, 6) is 0.531. The molecule has 0 bridgehead atoms. The predicted octanol–water partition coefficient (Wildman–Crippen LogP) is 5.37. The number of aromatic carboxylic acids is 1. The van der Waals surface area contributed by atoms with Gasteiger partial charge in [0.2, 0.25) is 0 Å². The van der Waals surface area contributed by atoms with Gasteiger partial charge in [-0.25, -0.2) is 14.8 Å². The Labute approximate surface area is 231 Å². The molecule has 204 valence electrons. The smallest absolute Gasteiger partial charge is 0.335 e. The topological polar surface area (TPSA) is 111 Å². The Balaban J connectivity index is 1.46. The van der Waals surface area contributed by atoms with Crippen LogP contribution in [0.3, 0.4) is 0 Å². The Kier molecular flexibility index (Phi) is 6.09. The molecule has 3 aromatic heterocycles. The van der Waals surface area contributed by atoms with E-state index in [0.717, 1.165) is 47.3 Å². The first kappa shape index (κ1) is 25.6. The summed E-state index contributed by atoms with van der Waals surface area (Å²) < 4.78 is 9.70. The van der Waals surface area contributed by atoms with E-state index in [1.165, 1.54) is 13.2 Å². The Morgan fingerprint density at radius 2 is 1.80 bits per heavy atom. The maximum absolute atomic E-state index is 12.9. The van der Waals surface area contributed by atoms with Crippen molar-refractivity contribution in [3.63, 3.8) is 0 Å². The van der Waals surface area contributed by atoms with Gasteiger partial charge in [-0.1, -0.05) is 18.2 Å². The molecule has 0 saturated heterocycles. The average Bonchev–Trinajstić information content (AvgIpc) is 3.61. The van der Waals surface area contributed by atoms with Crippen LogP contribution in [-0.2, 0) is 19.1 Å². The zero-order valence-corrected chi connectivity index (χ0v) is 22.9. The molecule has 3 heterocycles. The van der Waals surface area contributed by atoms with Crippen LogP contribution in [0.1, 0.15) is 53.1 Å². The van der Waals surface area contributed by atoms with Gasteiger partial charge in [0.15, 0.2) is 5.82 Å². The molecular formula is C31H31N5O4. The number of carbonyl (C=O) groups excluding carboxylic acids is 1. The van der Waals surface area contributed by atoms with Crippen LogP contribution in [0.15, 0.2) is 60.7 Å². The number of methoxy groups -OCH3 is 1. The highest BCUT2D eigenvalue weighted by molar-refractivity contribution is 5.97. The number of hydrogen-bond donors (Lipinski definition) is 2. The molecule has 1 aliphatic rings. The molecule has 0 radical (unpaired) electrons. The molecule has 40 heavy (non-hydrogen) atoms. The van der Waals surface area contributed by atoms with E-state index >= 15 is 0 Å².